The van der Waals surface area contributed by atoms with Crippen LogP contribution in [-0.2, 0) is 64.1 Å². The molecule has 0 aromatic heterocycles. The van der Waals surface area contributed by atoms with Gasteiger partial charge in [-0.2, -0.15) is 0 Å². The average molecular weight is 910 g/mol. The Labute approximate surface area is 382 Å². The van der Waals surface area contributed by atoms with Crippen LogP contribution in [0.1, 0.15) is 105 Å². The number of ether oxygens (including phenoxy) is 5. The molecule has 0 saturated carbocycles. The molecule has 0 bridgehead atoms. The van der Waals surface area contributed by atoms with Gasteiger partial charge in [0.1, 0.15) is 47.1 Å². The number of carbonyl (C=O) groups is 3. The van der Waals surface area contributed by atoms with Crippen molar-refractivity contribution in [2.75, 3.05) is 0 Å². The van der Waals surface area contributed by atoms with Crippen molar-refractivity contribution in [3.8, 4) is 0 Å². The van der Waals surface area contributed by atoms with Gasteiger partial charge < -0.3 is 29.4 Å². The van der Waals surface area contributed by atoms with Crippen LogP contribution in [0.4, 0.5) is 17.6 Å². The van der Waals surface area contributed by atoms with E-state index in [0.717, 1.165) is 22.3 Å². The molecule has 4 aromatic rings. The number of hydrogen-bond acceptors (Lipinski definition) is 9. The smallest absolute Gasteiger partial charge is 0.322 e. The van der Waals surface area contributed by atoms with Crippen molar-refractivity contribution >= 4 is 17.9 Å². The van der Waals surface area contributed by atoms with Gasteiger partial charge in [0.2, 0.25) is 0 Å². The zero-order valence-corrected chi connectivity index (χ0v) is 39.6. The highest BCUT2D eigenvalue weighted by atomic mass is 19.1. The van der Waals surface area contributed by atoms with Crippen LogP contribution in [0.2, 0.25) is 0 Å². The third-order valence-electron chi connectivity index (χ3n) is 11.0. The van der Waals surface area contributed by atoms with E-state index in [2.05, 4.69) is 0 Å². The molecule has 0 spiro atoms. The van der Waals surface area contributed by atoms with Gasteiger partial charge in [-0.3, -0.25) is 14.4 Å². The van der Waals surface area contributed by atoms with Gasteiger partial charge in [-0.15, -0.1) is 0 Å². The first kappa shape index (κ1) is 54.2. The molecular weight excluding hydrogens is 843 g/mol. The second kappa shape index (κ2) is 24.4. The lowest BCUT2D eigenvalue weighted by Crippen LogP contribution is -2.45. The first-order valence-electron chi connectivity index (χ1n) is 21.9. The van der Waals surface area contributed by atoms with Crippen LogP contribution < -0.4 is 5.73 Å². The van der Waals surface area contributed by atoms with Crippen LogP contribution in [0.5, 0.6) is 0 Å². The van der Waals surface area contributed by atoms with Crippen molar-refractivity contribution in [3.63, 3.8) is 0 Å². The molecule has 0 fully saturated rings. The van der Waals surface area contributed by atoms with Crippen molar-refractivity contribution in [2.24, 2.45) is 23.5 Å². The quantitative estimate of drug-likeness (QED) is 0.0524. The largest absolute Gasteiger partial charge is 0.462 e. The van der Waals surface area contributed by atoms with Crippen LogP contribution in [0.3, 0.4) is 0 Å². The zero-order chi connectivity index (χ0) is 48.7. The number of esters is 3. The molecule has 0 heterocycles. The summed E-state index contributed by atoms with van der Waals surface area (Å²) in [5.41, 5.74) is 6.94. The van der Waals surface area contributed by atoms with E-state index < -0.39 is 58.9 Å². The van der Waals surface area contributed by atoms with Crippen molar-refractivity contribution in [3.05, 3.63) is 143 Å². The van der Waals surface area contributed by atoms with E-state index in [9.17, 15) is 31.9 Å². The van der Waals surface area contributed by atoms with E-state index in [1.807, 2.05) is 27.7 Å². The second-order valence-electron chi connectivity index (χ2n) is 18.7. The summed E-state index contributed by atoms with van der Waals surface area (Å²) in [5, 5.41) is 0. The van der Waals surface area contributed by atoms with Crippen LogP contribution in [0.15, 0.2) is 97.1 Å². The van der Waals surface area contributed by atoms with Crippen molar-refractivity contribution in [1.82, 2.24) is 0 Å². The summed E-state index contributed by atoms with van der Waals surface area (Å²) in [6, 6.07) is 23.8. The number of benzene rings is 4. The van der Waals surface area contributed by atoms with E-state index >= 15 is 0 Å². The van der Waals surface area contributed by atoms with E-state index in [1.165, 1.54) is 48.5 Å². The Morgan fingerprint density at radius 1 is 0.508 bits per heavy atom. The summed E-state index contributed by atoms with van der Waals surface area (Å²) in [6.45, 7) is 20.2. The Morgan fingerprint density at radius 3 is 1.12 bits per heavy atom. The molecule has 0 saturated heterocycles. The first-order valence-corrected chi connectivity index (χ1v) is 21.9. The lowest BCUT2D eigenvalue weighted by Gasteiger charge is -2.38. The molecule has 4 rings (SSSR count). The van der Waals surface area contributed by atoms with Crippen molar-refractivity contribution < 1.29 is 55.6 Å². The second-order valence-corrected chi connectivity index (χ2v) is 18.7. The molecule has 0 radical (unpaired) electrons. The van der Waals surface area contributed by atoms with Crippen molar-refractivity contribution in [2.45, 2.75) is 144 Å². The normalized spacial score (nSPS) is 14.7. The highest BCUT2D eigenvalue weighted by Gasteiger charge is 2.39. The molecule has 13 heteroatoms. The summed E-state index contributed by atoms with van der Waals surface area (Å²) >= 11 is 0. The van der Waals surface area contributed by atoms with E-state index in [1.54, 1.807) is 97.0 Å². The zero-order valence-electron chi connectivity index (χ0n) is 39.6. The fourth-order valence-electron chi connectivity index (χ4n) is 7.09. The molecular formula is C52H67F4NO8. The Bertz CT molecular complexity index is 2080. The molecule has 0 aliphatic heterocycles. The predicted molar refractivity (Wildman–Crippen MR) is 242 cm³/mol. The Hall–Kier alpha value is -5.11. The number of carbonyl (C=O) groups excluding carboxylic acids is 3. The maximum atomic E-state index is 13.5. The Morgan fingerprint density at radius 2 is 0.815 bits per heavy atom. The van der Waals surface area contributed by atoms with Crippen molar-refractivity contribution in [1.29, 1.82) is 0 Å². The molecule has 65 heavy (non-hydrogen) atoms. The maximum Gasteiger partial charge on any atom is 0.322 e. The third-order valence-corrected chi connectivity index (χ3v) is 11.0. The Kier molecular flexibility index (Phi) is 20.4. The lowest BCUT2D eigenvalue weighted by atomic mass is 9.81. The van der Waals surface area contributed by atoms with Gasteiger partial charge in [0.05, 0.1) is 36.8 Å². The molecule has 0 aliphatic carbocycles. The van der Waals surface area contributed by atoms with E-state index in [0.29, 0.717) is 12.8 Å². The summed E-state index contributed by atoms with van der Waals surface area (Å²) < 4.78 is 82.2. The minimum atomic E-state index is -0.767. The van der Waals surface area contributed by atoms with E-state index in [-0.39, 0.29) is 54.7 Å². The average Bonchev–Trinajstić information content (AvgIpc) is 3.22. The Balaban J connectivity index is 0.000000353. The fraction of sp³-hybridized carbons (Fsp3) is 0.481. The standard InChI is InChI=1S/C29H38F2O5.C23H29F2NO3/c1-19(16-26(32)36-28(3,4)5)27(33)35-20(2)25(17-21-8-12-23(30)13-9-21)29(6,7)34-18-22-10-14-24(31)15-11-22;1-15(26)22(27)29-16(2)21(13-17-5-9-19(24)10-6-17)23(3,4)28-14-18-7-11-20(25)12-8-18/h8-15,19-20,25H,16-18H2,1-7H3;5-12,15-16,21H,13-14,26H2,1-4H3/t19-,20+,25+;15-,16-,21-/m10/s1. The maximum absolute atomic E-state index is 13.5. The number of nitrogens with two attached hydrogens (primary N) is 1. The molecule has 4 aromatic carbocycles. The SMILES string of the molecule is C[C@H](CC(=O)OC(C)(C)C)C(=O)O[C@@H](C)[C@H](Cc1ccc(F)cc1)C(C)(C)OCc1ccc(F)cc1.C[C@H](N)C(=O)O[C@@H](C)[C@H](Cc1ccc(F)cc1)C(C)(C)OCc1ccc(F)cc1. The number of hydrogen-bond donors (Lipinski definition) is 1. The van der Waals surface area contributed by atoms with Crippen LogP contribution in [-0.4, -0.2) is 53.0 Å². The molecule has 0 aliphatic rings. The van der Waals surface area contributed by atoms with Crippen LogP contribution in [0, 0.1) is 41.0 Å². The molecule has 0 unspecified atom stereocenters. The molecule has 0 amide bonds. The predicted octanol–water partition coefficient (Wildman–Crippen LogP) is 10.8. The van der Waals surface area contributed by atoms with Crippen LogP contribution in [0.25, 0.3) is 0 Å². The van der Waals surface area contributed by atoms with Gasteiger partial charge in [0.25, 0.3) is 0 Å². The molecule has 356 valence electrons. The van der Waals surface area contributed by atoms with Gasteiger partial charge in [-0.1, -0.05) is 55.5 Å². The van der Waals surface area contributed by atoms with Gasteiger partial charge in [-0.25, -0.2) is 17.6 Å². The summed E-state index contributed by atoms with van der Waals surface area (Å²) in [6.07, 6.45) is -0.167. The monoisotopic (exact) mass is 909 g/mol. The van der Waals surface area contributed by atoms with Gasteiger partial charge in [-0.05, 0) is 153 Å². The lowest BCUT2D eigenvalue weighted by molar-refractivity contribution is -0.169. The third kappa shape index (κ3) is 19.1. The van der Waals surface area contributed by atoms with Crippen LogP contribution >= 0.6 is 0 Å². The fourth-order valence-corrected chi connectivity index (χ4v) is 7.09. The minimum absolute atomic E-state index is 0.0874. The van der Waals surface area contributed by atoms with Gasteiger partial charge in [0, 0.05) is 11.8 Å². The van der Waals surface area contributed by atoms with Gasteiger partial charge >= 0.3 is 17.9 Å². The minimum Gasteiger partial charge on any atom is -0.462 e. The number of rotatable bonds is 20. The highest BCUT2D eigenvalue weighted by Crippen LogP contribution is 2.33. The molecule has 9 nitrogen and oxygen atoms in total. The summed E-state index contributed by atoms with van der Waals surface area (Å²) in [5.74, 6) is -3.96. The number of halogens is 4. The van der Waals surface area contributed by atoms with E-state index in [4.69, 9.17) is 29.4 Å². The first-order chi connectivity index (χ1) is 30.2. The van der Waals surface area contributed by atoms with Gasteiger partial charge in [0.15, 0.2) is 0 Å². The highest BCUT2D eigenvalue weighted by molar-refractivity contribution is 5.80. The molecule has 2 N–H and O–H groups in total. The molecule has 6 atom stereocenters. The summed E-state index contributed by atoms with van der Waals surface area (Å²) in [4.78, 5) is 37.0. The summed E-state index contributed by atoms with van der Waals surface area (Å²) in [7, 11) is 0. The topological polar surface area (TPSA) is 123 Å².